The maximum atomic E-state index is 13.0. The van der Waals surface area contributed by atoms with Crippen molar-refractivity contribution < 1.29 is 19.0 Å². The van der Waals surface area contributed by atoms with E-state index >= 15 is 0 Å². The summed E-state index contributed by atoms with van der Waals surface area (Å²) in [7, 11) is 4.74. The Morgan fingerprint density at radius 3 is 2.50 bits per heavy atom. The highest BCUT2D eigenvalue weighted by molar-refractivity contribution is 7.98. The van der Waals surface area contributed by atoms with E-state index in [0.29, 0.717) is 41.4 Å². The molecule has 0 saturated carbocycles. The number of amides is 1. The van der Waals surface area contributed by atoms with Crippen LogP contribution in [0.1, 0.15) is 30.0 Å². The number of carbonyl (C=O) groups is 1. The Bertz CT molecular complexity index is 1110. The zero-order valence-corrected chi connectivity index (χ0v) is 21.9. The number of hydrogen-bond acceptors (Lipinski definition) is 8. The number of fused-ring (bicyclic) bond motifs is 3. The highest BCUT2D eigenvalue weighted by atomic mass is 32.2. The number of benzene rings is 1. The molecule has 9 heteroatoms. The third kappa shape index (κ3) is 5.31. The summed E-state index contributed by atoms with van der Waals surface area (Å²) in [6.45, 7) is 0. The average Bonchev–Trinajstić information content (AvgIpc) is 3.09. The topological polar surface area (TPSA) is 99.9 Å². The molecule has 0 saturated heterocycles. The molecule has 1 amide bonds. The molecule has 3 N–H and O–H groups in total. The van der Waals surface area contributed by atoms with Crippen molar-refractivity contribution in [2.75, 3.05) is 39.6 Å². The Morgan fingerprint density at radius 2 is 1.88 bits per heavy atom. The summed E-state index contributed by atoms with van der Waals surface area (Å²) in [4.78, 5) is 26.5. The predicted octanol–water partition coefficient (Wildman–Crippen LogP) is 3.65. The number of ether oxygens (including phenoxy) is 3. The Balaban J connectivity index is 2.23. The van der Waals surface area contributed by atoms with Gasteiger partial charge >= 0.3 is 0 Å². The summed E-state index contributed by atoms with van der Waals surface area (Å²) in [5.41, 5.74) is 9.42. The van der Waals surface area contributed by atoms with Gasteiger partial charge in [-0.15, -0.1) is 11.8 Å². The summed E-state index contributed by atoms with van der Waals surface area (Å²) in [5.74, 6) is 2.16. The molecular weight excluding hydrogens is 472 g/mol. The van der Waals surface area contributed by atoms with Gasteiger partial charge in [-0.3, -0.25) is 9.59 Å². The molecular formula is C25H32N2O5S2. The van der Waals surface area contributed by atoms with Crippen molar-refractivity contribution in [3.63, 3.8) is 0 Å². The first-order chi connectivity index (χ1) is 16.4. The van der Waals surface area contributed by atoms with Crippen LogP contribution in [0.2, 0.25) is 0 Å². The monoisotopic (exact) mass is 504 g/mol. The van der Waals surface area contributed by atoms with Crippen molar-refractivity contribution in [2.24, 2.45) is 5.73 Å². The Kier molecular flexibility index (Phi) is 9.16. The molecule has 3 rings (SSSR count). The lowest BCUT2D eigenvalue weighted by atomic mass is 9.95. The Labute approximate surface area is 209 Å². The fraction of sp³-hybridized carbons (Fsp3) is 0.440. The molecule has 0 spiro atoms. The van der Waals surface area contributed by atoms with Gasteiger partial charge in [-0.1, -0.05) is 6.07 Å². The average molecular weight is 505 g/mol. The maximum Gasteiger partial charge on any atom is 0.237 e. The fourth-order valence-corrected chi connectivity index (χ4v) is 5.23. The second-order valence-corrected chi connectivity index (χ2v) is 9.78. The molecule has 0 bridgehead atoms. The van der Waals surface area contributed by atoms with Crippen LogP contribution in [-0.4, -0.2) is 51.5 Å². The van der Waals surface area contributed by atoms with Crippen molar-refractivity contribution in [1.29, 1.82) is 0 Å². The largest absolute Gasteiger partial charge is 0.493 e. The van der Waals surface area contributed by atoms with Crippen molar-refractivity contribution >= 4 is 29.4 Å². The van der Waals surface area contributed by atoms with Gasteiger partial charge in [0.25, 0.3) is 0 Å². The Hall–Kier alpha value is -2.36. The number of aryl methyl sites for hydroxylation is 1. The molecule has 2 aromatic carbocycles. The van der Waals surface area contributed by atoms with E-state index in [1.54, 1.807) is 39.2 Å². The molecule has 34 heavy (non-hydrogen) atoms. The molecule has 0 unspecified atom stereocenters. The smallest absolute Gasteiger partial charge is 0.237 e. The summed E-state index contributed by atoms with van der Waals surface area (Å²) < 4.78 is 17.0. The van der Waals surface area contributed by atoms with E-state index in [-0.39, 0.29) is 17.4 Å². The van der Waals surface area contributed by atoms with Crippen LogP contribution in [0.4, 0.5) is 0 Å². The van der Waals surface area contributed by atoms with Crippen LogP contribution in [0.15, 0.2) is 34.0 Å². The quantitative estimate of drug-likeness (QED) is 0.500. The first-order valence-electron chi connectivity index (χ1n) is 11.0. The number of hydrogen-bond donors (Lipinski definition) is 2. The summed E-state index contributed by atoms with van der Waals surface area (Å²) >= 11 is 3.04. The standard InChI is InChI=1S/C25H32N2O5S2/c1-30-20-12-14-6-8-18(27-25(29)17(26)10-11-33-4)16-13-19(28)21(34-5)9-7-15(16)22(14)24(32-3)23(20)31-2/h7,9,12-13,17-18H,6,8,10-11,26H2,1-5H3,(H,27,29)/t17-,18-/m0/s1. The summed E-state index contributed by atoms with van der Waals surface area (Å²) in [5, 5.41) is 3.11. The zero-order valence-electron chi connectivity index (χ0n) is 20.2. The molecule has 184 valence electrons. The molecule has 1 aliphatic rings. The van der Waals surface area contributed by atoms with E-state index < -0.39 is 6.04 Å². The molecule has 0 radical (unpaired) electrons. The van der Waals surface area contributed by atoms with E-state index in [4.69, 9.17) is 19.9 Å². The SMILES string of the molecule is COc1cc2c(c(OC)c1OC)-c1ccc(SC)c(=O)cc1[C@@H](NC(=O)[C@@H](N)CCSC)CC2. The molecule has 0 fully saturated rings. The van der Waals surface area contributed by atoms with Crippen molar-refractivity contribution in [1.82, 2.24) is 5.32 Å². The van der Waals surface area contributed by atoms with Gasteiger partial charge < -0.3 is 25.3 Å². The van der Waals surface area contributed by atoms with Gasteiger partial charge in [0.1, 0.15) is 0 Å². The molecule has 0 aliphatic heterocycles. The second-order valence-electron chi connectivity index (χ2n) is 7.95. The molecule has 0 aromatic heterocycles. The number of carbonyl (C=O) groups excluding carboxylic acids is 1. The molecule has 2 atom stereocenters. The number of nitrogens with two attached hydrogens (primary N) is 1. The minimum absolute atomic E-state index is 0.0948. The first kappa shape index (κ1) is 26.2. The lowest BCUT2D eigenvalue weighted by molar-refractivity contribution is -0.123. The number of nitrogens with one attached hydrogen (secondary N) is 1. The van der Waals surface area contributed by atoms with Crippen LogP contribution in [0, 0.1) is 0 Å². The minimum Gasteiger partial charge on any atom is -0.493 e. The Morgan fingerprint density at radius 1 is 1.15 bits per heavy atom. The minimum atomic E-state index is -0.609. The molecule has 2 aromatic rings. The second kappa shape index (κ2) is 11.9. The van der Waals surface area contributed by atoms with Gasteiger partial charge in [0.15, 0.2) is 16.9 Å². The zero-order chi connectivity index (χ0) is 24.8. The molecule has 0 heterocycles. The van der Waals surface area contributed by atoms with Gasteiger partial charge in [0, 0.05) is 5.56 Å². The lowest BCUT2D eigenvalue weighted by Gasteiger charge is -2.21. The summed E-state index contributed by atoms with van der Waals surface area (Å²) in [6.07, 6.45) is 5.67. The van der Waals surface area contributed by atoms with Crippen LogP contribution in [0.5, 0.6) is 17.2 Å². The maximum absolute atomic E-state index is 13.0. The van der Waals surface area contributed by atoms with E-state index in [2.05, 4.69) is 5.32 Å². The fourth-order valence-electron chi connectivity index (χ4n) is 4.27. The molecule has 7 nitrogen and oxygen atoms in total. The van der Waals surface area contributed by atoms with Gasteiger partial charge in [0.05, 0.1) is 38.3 Å². The number of methoxy groups -OCH3 is 3. The molecule has 1 aliphatic carbocycles. The van der Waals surface area contributed by atoms with Crippen LogP contribution >= 0.6 is 23.5 Å². The van der Waals surface area contributed by atoms with Crippen LogP contribution in [0.25, 0.3) is 11.1 Å². The van der Waals surface area contributed by atoms with E-state index in [1.165, 1.54) is 11.8 Å². The van der Waals surface area contributed by atoms with Crippen LogP contribution in [-0.2, 0) is 11.2 Å². The van der Waals surface area contributed by atoms with Gasteiger partial charge in [-0.25, -0.2) is 0 Å². The highest BCUT2D eigenvalue weighted by Gasteiger charge is 2.30. The third-order valence-electron chi connectivity index (χ3n) is 6.01. The summed E-state index contributed by atoms with van der Waals surface area (Å²) in [6, 6.07) is 6.32. The highest BCUT2D eigenvalue weighted by Crippen LogP contribution is 2.50. The normalized spacial score (nSPS) is 15.4. The van der Waals surface area contributed by atoms with E-state index in [1.807, 2.05) is 30.7 Å². The van der Waals surface area contributed by atoms with Crippen molar-refractivity contribution in [3.05, 3.63) is 45.6 Å². The van der Waals surface area contributed by atoms with Gasteiger partial charge in [-0.2, -0.15) is 11.8 Å². The lowest BCUT2D eigenvalue weighted by Crippen LogP contribution is -2.42. The third-order valence-corrected chi connectivity index (χ3v) is 7.43. The first-order valence-corrected chi connectivity index (χ1v) is 13.6. The predicted molar refractivity (Wildman–Crippen MR) is 140 cm³/mol. The van der Waals surface area contributed by atoms with Gasteiger partial charge in [-0.05, 0) is 72.4 Å². The van der Waals surface area contributed by atoms with Crippen LogP contribution < -0.4 is 30.7 Å². The number of thioether (sulfide) groups is 2. The van der Waals surface area contributed by atoms with E-state index in [9.17, 15) is 9.59 Å². The van der Waals surface area contributed by atoms with E-state index in [0.717, 1.165) is 28.0 Å². The van der Waals surface area contributed by atoms with Gasteiger partial charge in [0.2, 0.25) is 11.7 Å². The number of rotatable bonds is 9. The van der Waals surface area contributed by atoms with Crippen molar-refractivity contribution in [3.8, 4) is 28.4 Å². The van der Waals surface area contributed by atoms with Crippen LogP contribution in [0.3, 0.4) is 0 Å². The van der Waals surface area contributed by atoms with Crippen molar-refractivity contribution in [2.45, 2.75) is 36.2 Å².